The van der Waals surface area contributed by atoms with Crippen molar-refractivity contribution in [1.82, 2.24) is 0 Å². The third-order valence-corrected chi connectivity index (χ3v) is 3.27. The van der Waals surface area contributed by atoms with E-state index in [1.165, 1.54) is 0 Å². The zero-order valence-electron chi connectivity index (χ0n) is 10.2. The normalized spacial score (nSPS) is 23.6. The van der Waals surface area contributed by atoms with Gasteiger partial charge >= 0.3 is 5.97 Å². The molecule has 1 fully saturated rings. The Hall–Kier alpha value is -1.55. The maximum atomic E-state index is 11.1. The Labute approximate surface area is 107 Å². The first-order chi connectivity index (χ1) is 8.77. The first-order valence-corrected chi connectivity index (χ1v) is 6.29. The lowest BCUT2D eigenvalue weighted by atomic mass is 9.86. The first-order valence-electron chi connectivity index (χ1n) is 6.29. The molecular weight excluding hydrogens is 232 g/mol. The zero-order chi connectivity index (χ0) is 12.8. The molecule has 0 saturated heterocycles. The smallest absolute Gasteiger partial charge is 0.309 e. The van der Waals surface area contributed by atoms with E-state index in [9.17, 15) is 4.79 Å². The van der Waals surface area contributed by atoms with Gasteiger partial charge in [-0.1, -0.05) is 31.0 Å². The Morgan fingerprint density at radius 2 is 1.94 bits per heavy atom. The summed E-state index contributed by atoms with van der Waals surface area (Å²) in [7, 11) is 0. The number of carboxylic acids is 1. The number of carbonyl (C=O) groups is 1. The maximum Gasteiger partial charge on any atom is 0.309 e. The summed E-state index contributed by atoms with van der Waals surface area (Å²) in [5, 5.41) is 9.10. The summed E-state index contributed by atoms with van der Waals surface area (Å²) in [5.41, 5.74) is 0. The number of hydrogen-bond acceptors (Lipinski definition) is 3. The summed E-state index contributed by atoms with van der Waals surface area (Å²) in [6.45, 7) is 0.110. The molecule has 2 unspecified atom stereocenters. The second-order valence-electron chi connectivity index (χ2n) is 4.51. The van der Waals surface area contributed by atoms with Crippen LogP contribution in [0.5, 0.6) is 5.75 Å². The molecule has 98 valence electrons. The van der Waals surface area contributed by atoms with E-state index >= 15 is 0 Å². The fourth-order valence-electron chi connectivity index (χ4n) is 2.29. The molecular formula is C14H18O4. The van der Waals surface area contributed by atoms with Crippen molar-refractivity contribution in [2.24, 2.45) is 5.92 Å². The number of benzene rings is 1. The van der Waals surface area contributed by atoms with Gasteiger partial charge in [0.15, 0.2) is 6.79 Å². The summed E-state index contributed by atoms with van der Waals surface area (Å²) < 4.78 is 11.0. The first kappa shape index (κ1) is 12.9. The van der Waals surface area contributed by atoms with Crippen LogP contribution in [0.15, 0.2) is 30.3 Å². The molecule has 0 heterocycles. The lowest BCUT2D eigenvalue weighted by Gasteiger charge is -2.28. The predicted octanol–water partition coefficient (Wildman–Crippen LogP) is 2.68. The van der Waals surface area contributed by atoms with E-state index in [1.807, 2.05) is 30.3 Å². The van der Waals surface area contributed by atoms with Crippen LogP contribution in [-0.2, 0) is 9.53 Å². The molecule has 1 aromatic carbocycles. The van der Waals surface area contributed by atoms with Crippen molar-refractivity contribution in [1.29, 1.82) is 0 Å². The Morgan fingerprint density at radius 3 is 2.67 bits per heavy atom. The monoisotopic (exact) mass is 250 g/mol. The zero-order valence-corrected chi connectivity index (χ0v) is 10.2. The highest BCUT2D eigenvalue weighted by molar-refractivity contribution is 5.70. The van der Waals surface area contributed by atoms with Gasteiger partial charge in [0, 0.05) is 0 Å². The van der Waals surface area contributed by atoms with Gasteiger partial charge in [-0.05, 0) is 25.0 Å². The summed E-state index contributed by atoms with van der Waals surface area (Å²) in [4.78, 5) is 11.1. The van der Waals surface area contributed by atoms with E-state index in [4.69, 9.17) is 14.6 Å². The van der Waals surface area contributed by atoms with Crippen LogP contribution in [0, 0.1) is 5.92 Å². The third kappa shape index (κ3) is 3.47. The van der Waals surface area contributed by atoms with Crippen LogP contribution in [-0.4, -0.2) is 24.0 Å². The van der Waals surface area contributed by atoms with Crippen molar-refractivity contribution in [3.63, 3.8) is 0 Å². The second-order valence-corrected chi connectivity index (χ2v) is 4.51. The molecule has 0 aromatic heterocycles. The molecule has 1 aliphatic rings. The van der Waals surface area contributed by atoms with Gasteiger partial charge in [0.25, 0.3) is 0 Å². The van der Waals surface area contributed by atoms with Crippen LogP contribution in [0.3, 0.4) is 0 Å². The lowest BCUT2D eigenvalue weighted by molar-refractivity contribution is -0.153. The average Bonchev–Trinajstić information content (AvgIpc) is 2.40. The van der Waals surface area contributed by atoms with Crippen molar-refractivity contribution in [2.75, 3.05) is 6.79 Å². The summed E-state index contributed by atoms with van der Waals surface area (Å²) in [6.07, 6.45) is 3.27. The molecule has 18 heavy (non-hydrogen) atoms. The molecule has 1 aliphatic carbocycles. The number of ether oxygens (including phenoxy) is 2. The summed E-state index contributed by atoms with van der Waals surface area (Å²) in [6, 6.07) is 9.37. The highest BCUT2D eigenvalue weighted by Gasteiger charge is 2.31. The fourth-order valence-corrected chi connectivity index (χ4v) is 2.29. The quantitative estimate of drug-likeness (QED) is 0.816. The van der Waals surface area contributed by atoms with Crippen molar-refractivity contribution < 1.29 is 19.4 Å². The van der Waals surface area contributed by atoms with E-state index in [2.05, 4.69) is 0 Å². The van der Waals surface area contributed by atoms with E-state index in [1.54, 1.807) is 0 Å². The molecule has 2 rings (SSSR count). The molecule has 1 saturated carbocycles. The minimum atomic E-state index is -0.764. The molecule has 4 heteroatoms. The van der Waals surface area contributed by atoms with Crippen molar-refractivity contribution in [3.05, 3.63) is 30.3 Å². The molecule has 0 aliphatic heterocycles. The summed E-state index contributed by atoms with van der Waals surface area (Å²) >= 11 is 0. The number of para-hydroxylation sites is 1. The third-order valence-electron chi connectivity index (χ3n) is 3.27. The van der Waals surface area contributed by atoms with Crippen LogP contribution in [0.2, 0.25) is 0 Å². The average molecular weight is 250 g/mol. The number of rotatable bonds is 5. The van der Waals surface area contributed by atoms with Gasteiger partial charge in [0.2, 0.25) is 0 Å². The van der Waals surface area contributed by atoms with Crippen molar-refractivity contribution in [2.45, 2.75) is 31.8 Å². The van der Waals surface area contributed by atoms with Gasteiger partial charge in [-0.25, -0.2) is 0 Å². The van der Waals surface area contributed by atoms with Crippen LogP contribution < -0.4 is 4.74 Å². The van der Waals surface area contributed by atoms with Crippen molar-refractivity contribution >= 4 is 5.97 Å². The highest BCUT2D eigenvalue weighted by Crippen LogP contribution is 2.27. The maximum absolute atomic E-state index is 11.1. The van der Waals surface area contributed by atoms with Gasteiger partial charge in [0.05, 0.1) is 12.0 Å². The molecule has 1 N–H and O–H groups in total. The Balaban J connectivity index is 1.79. The Kier molecular flexibility index (Phi) is 4.59. The standard InChI is InChI=1S/C14H18O4/c15-14(16)12-8-4-5-9-13(12)18-10-17-11-6-2-1-3-7-11/h1-3,6-7,12-13H,4-5,8-10H2,(H,15,16). The van der Waals surface area contributed by atoms with Gasteiger partial charge in [-0.15, -0.1) is 0 Å². The predicted molar refractivity (Wildman–Crippen MR) is 66.4 cm³/mol. The molecule has 4 nitrogen and oxygen atoms in total. The highest BCUT2D eigenvalue weighted by atomic mass is 16.7. The number of hydrogen-bond donors (Lipinski definition) is 1. The van der Waals surface area contributed by atoms with E-state index in [0.29, 0.717) is 6.42 Å². The molecule has 0 amide bonds. The van der Waals surface area contributed by atoms with Crippen LogP contribution in [0.1, 0.15) is 25.7 Å². The van der Waals surface area contributed by atoms with Crippen molar-refractivity contribution in [3.8, 4) is 5.75 Å². The summed E-state index contributed by atoms with van der Waals surface area (Å²) in [5.74, 6) is -0.419. The molecule has 0 spiro atoms. The molecule has 0 radical (unpaired) electrons. The molecule has 2 atom stereocenters. The SMILES string of the molecule is O=C(O)C1CCCCC1OCOc1ccccc1. The Morgan fingerprint density at radius 1 is 1.22 bits per heavy atom. The minimum absolute atomic E-state index is 0.110. The second kappa shape index (κ2) is 6.40. The van der Waals surface area contributed by atoms with Gasteiger partial charge in [0.1, 0.15) is 5.75 Å². The van der Waals surface area contributed by atoms with Crippen LogP contribution >= 0.6 is 0 Å². The fraction of sp³-hybridized carbons (Fsp3) is 0.500. The van der Waals surface area contributed by atoms with E-state index in [-0.39, 0.29) is 12.9 Å². The van der Waals surface area contributed by atoms with Gasteiger partial charge in [-0.3, -0.25) is 4.79 Å². The van der Waals surface area contributed by atoms with Gasteiger partial charge < -0.3 is 14.6 Å². The number of aliphatic carboxylic acids is 1. The molecule has 1 aromatic rings. The minimum Gasteiger partial charge on any atom is -0.481 e. The number of carboxylic acid groups (broad SMARTS) is 1. The van der Waals surface area contributed by atoms with Crippen LogP contribution in [0.4, 0.5) is 0 Å². The van der Waals surface area contributed by atoms with Gasteiger partial charge in [-0.2, -0.15) is 0 Å². The molecule has 0 bridgehead atoms. The van der Waals surface area contributed by atoms with Crippen LogP contribution in [0.25, 0.3) is 0 Å². The lowest BCUT2D eigenvalue weighted by Crippen LogP contribution is -2.34. The topological polar surface area (TPSA) is 55.8 Å². The largest absolute Gasteiger partial charge is 0.481 e. The van der Waals surface area contributed by atoms with E-state index < -0.39 is 11.9 Å². The Bertz CT molecular complexity index is 377. The van der Waals surface area contributed by atoms with E-state index in [0.717, 1.165) is 25.0 Å².